The summed E-state index contributed by atoms with van der Waals surface area (Å²) in [4.78, 5) is 14.6. The molecule has 1 aromatic rings. The smallest absolute Gasteiger partial charge is 0.241 e. The van der Waals surface area contributed by atoms with Crippen molar-refractivity contribution in [2.75, 3.05) is 36.7 Å². The Hall–Kier alpha value is -1.40. The summed E-state index contributed by atoms with van der Waals surface area (Å²) in [6.45, 7) is 1.93. The number of carbonyl (C=O) groups excluding carboxylic acids is 1. The van der Waals surface area contributed by atoms with Crippen molar-refractivity contribution in [2.24, 2.45) is 0 Å². The Morgan fingerprint density at radius 3 is 2.95 bits per heavy atom. The number of nitrogens with two attached hydrogens (primary N) is 1. The zero-order valence-corrected chi connectivity index (χ0v) is 13.6. The minimum Gasteiger partial charge on any atom is -0.495 e. The molecular formula is C15H23N3O2S. The minimum atomic E-state index is -0.195. The fourth-order valence-electron chi connectivity index (χ4n) is 2.40. The number of amides is 1. The van der Waals surface area contributed by atoms with Gasteiger partial charge in [0.1, 0.15) is 5.75 Å². The fraction of sp³-hybridized carbons (Fsp3) is 0.533. The van der Waals surface area contributed by atoms with Crippen LogP contribution in [0.15, 0.2) is 18.2 Å². The van der Waals surface area contributed by atoms with Crippen LogP contribution < -0.4 is 15.8 Å². The maximum atomic E-state index is 12.4. The maximum absolute atomic E-state index is 12.4. The first-order valence-electron chi connectivity index (χ1n) is 7.07. The molecule has 1 aliphatic rings. The van der Waals surface area contributed by atoms with Crippen LogP contribution in [0.2, 0.25) is 0 Å². The van der Waals surface area contributed by atoms with Gasteiger partial charge >= 0.3 is 0 Å². The third kappa shape index (κ3) is 3.83. The highest BCUT2D eigenvalue weighted by Crippen LogP contribution is 2.27. The molecule has 1 aromatic carbocycles. The zero-order chi connectivity index (χ0) is 15.4. The normalized spacial score (nSPS) is 19.5. The fourth-order valence-corrected chi connectivity index (χ4v) is 3.68. The van der Waals surface area contributed by atoms with Gasteiger partial charge in [-0.3, -0.25) is 9.69 Å². The second-order valence-corrected chi connectivity index (χ2v) is 6.46. The predicted octanol–water partition coefficient (Wildman–Crippen LogP) is 2.04. The number of nitrogens with one attached hydrogen (secondary N) is 1. The number of carbonyl (C=O) groups is 1. The topological polar surface area (TPSA) is 67.6 Å². The van der Waals surface area contributed by atoms with E-state index in [1.54, 1.807) is 25.3 Å². The first-order chi connectivity index (χ1) is 10.0. The van der Waals surface area contributed by atoms with Crippen LogP contribution in [0.5, 0.6) is 5.75 Å². The Kier molecular flexibility index (Phi) is 5.36. The van der Waals surface area contributed by atoms with Gasteiger partial charge in [0.25, 0.3) is 0 Å². The molecule has 116 valence electrons. The lowest BCUT2D eigenvalue weighted by Gasteiger charge is -2.29. The van der Waals surface area contributed by atoms with Gasteiger partial charge in [-0.15, -0.1) is 0 Å². The van der Waals surface area contributed by atoms with Crippen LogP contribution in [0.4, 0.5) is 11.4 Å². The van der Waals surface area contributed by atoms with Gasteiger partial charge in [0.15, 0.2) is 0 Å². The van der Waals surface area contributed by atoms with E-state index in [0.717, 1.165) is 12.2 Å². The zero-order valence-electron chi connectivity index (χ0n) is 12.8. The molecule has 21 heavy (non-hydrogen) atoms. The summed E-state index contributed by atoms with van der Waals surface area (Å²) in [7, 11) is 3.59. The summed E-state index contributed by atoms with van der Waals surface area (Å²) in [5, 5.41) is 2.91. The van der Waals surface area contributed by atoms with Crippen molar-refractivity contribution < 1.29 is 9.53 Å². The van der Waals surface area contributed by atoms with Gasteiger partial charge in [-0.25, -0.2) is 0 Å². The SMILES string of the molecule is COc1ccc(N)cc1NC(=O)C(C)N(C)C1CCSC1. The summed E-state index contributed by atoms with van der Waals surface area (Å²) in [5.41, 5.74) is 6.98. The van der Waals surface area contributed by atoms with Gasteiger partial charge in [-0.2, -0.15) is 11.8 Å². The van der Waals surface area contributed by atoms with Crippen LogP contribution in [-0.2, 0) is 4.79 Å². The van der Waals surface area contributed by atoms with Crippen LogP contribution in [0.1, 0.15) is 13.3 Å². The number of ether oxygens (including phenoxy) is 1. The van der Waals surface area contributed by atoms with Crippen LogP contribution in [0.3, 0.4) is 0 Å². The highest BCUT2D eigenvalue weighted by atomic mass is 32.2. The second-order valence-electron chi connectivity index (χ2n) is 5.31. The Balaban J connectivity index is 2.04. The average molecular weight is 309 g/mol. The summed E-state index contributed by atoms with van der Waals surface area (Å²) < 4.78 is 5.25. The van der Waals surface area contributed by atoms with Gasteiger partial charge in [0.05, 0.1) is 18.8 Å². The molecule has 0 aliphatic carbocycles. The summed E-state index contributed by atoms with van der Waals surface area (Å²) >= 11 is 1.94. The number of methoxy groups -OCH3 is 1. The van der Waals surface area contributed by atoms with E-state index in [1.807, 2.05) is 25.7 Å². The van der Waals surface area contributed by atoms with Crippen LogP contribution in [-0.4, -0.2) is 48.6 Å². The lowest BCUT2D eigenvalue weighted by molar-refractivity contribution is -0.120. The van der Waals surface area contributed by atoms with Gasteiger partial charge in [0, 0.05) is 17.5 Å². The molecular weight excluding hydrogens is 286 g/mol. The number of rotatable bonds is 5. The molecule has 1 saturated heterocycles. The molecule has 1 aliphatic heterocycles. The standard InChI is InChI=1S/C15H23N3O2S/c1-10(18(2)12-6-7-21-9-12)15(19)17-13-8-11(16)4-5-14(13)20-3/h4-5,8,10,12H,6-7,9,16H2,1-3H3,(H,17,19). The number of nitrogen functional groups attached to an aromatic ring is 1. The third-order valence-electron chi connectivity index (χ3n) is 3.95. The molecule has 0 saturated carbocycles. The van der Waals surface area contributed by atoms with Crippen molar-refractivity contribution >= 4 is 29.0 Å². The quantitative estimate of drug-likeness (QED) is 0.815. The van der Waals surface area contributed by atoms with Gasteiger partial charge in [0.2, 0.25) is 5.91 Å². The second kappa shape index (κ2) is 7.04. The first kappa shape index (κ1) is 16.0. The van der Waals surface area contributed by atoms with E-state index >= 15 is 0 Å². The van der Waals surface area contributed by atoms with Crippen molar-refractivity contribution in [2.45, 2.75) is 25.4 Å². The Labute approximate surface area is 130 Å². The van der Waals surface area contributed by atoms with E-state index in [1.165, 1.54) is 5.75 Å². The molecule has 5 nitrogen and oxygen atoms in total. The summed E-state index contributed by atoms with van der Waals surface area (Å²) in [5.74, 6) is 2.84. The minimum absolute atomic E-state index is 0.0432. The maximum Gasteiger partial charge on any atom is 0.241 e. The molecule has 3 N–H and O–H groups in total. The number of nitrogens with zero attached hydrogens (tertiary/aromatic N) is 1. The van der Waals surface area contributed by atoms with Gasteiger partial charge in [-0.1, -0.05) is 0 Å². The number of hydrogen-bond donors (Lipinski definition) is 2. The molecule has 2 atom stereocenters. The largest absolute Gasteiger partial charge is 0.495 e. The van der Waals surface area contributed by atoms with E-state index < -0.39 is 0 Å². The van der Waals surface area contributed by atoms with Gasteiger partial charge < -0.3 is 15.8 Å². The van der Waals surface area contributed by atoms with E-state index in [-0.39, 0.29) is 11.9 Å². The Morgan fingerprint density at radius 2 is 2.33 bits per heavy atom. The highest BCUT2D eigenvalue weighted by molar-refractivity contribution is 7.99. The Morgan fingerprint density at radius 1 is 1.57 bits per heavy atom. The molecule has 0 aromatic heterocycles. The van der Waals surface area contributed by atoms with E-state index in [0.29, 0.717) is 23.2 Å². The Bertz CT molecular complexity index is 504. The molecule has 0 radical (unpaired) electrons. The lowest BCUT2D eigenvalue weighted by Crippen LogP contribution is -2.45. The molecule has 1 fully saturated rings. The summed E-state index contributed by atoms with van der Waals surface area (Å²) in [6.07, 6.45) is 1.14. The molecule has 1 amide bonds. The lowest BCUT2D eigenvalue weighted by atomic mass is 10.1. The number of likely N-dealkylation sites (N-methyl/N-ethyl adjacent to an activating group) is 1. The van der Waals surface area contributed by atoms with Crippen LogP contribution in [0.25, 0.3) is 0 Å². The van der Waals surface area contributed by atoms with E-state index in [2.05, 4.69) is 10.2 Å². The van der Waals surface area contributed by atoms with Crippen molar-refractivity contribution in [3.63, 3.8) is 0 Å². The molecule has 1 heterocycles. The van der Waals surface area contributed by atoms with E-state index in [4.69, 9.17) is 10.5 Å². The van der Waals surface area contributed by atoms with Crippen molar-refractivity contribution in [1.29, 1.82) is 0 Å². The van der Waals surface area contributed by atoms with E-state index in [9.17, 15) is 4.79 Å². The third-order valence-corrected chi connectivity index (χ3v) is 5.10. The number of benzene rings is 1. The molecule has 6 heteroatoms. The summed E-state index contributed by atoms with van der Waals surface area (Å²) in [6, 6.07) is 5.50. The molecule has 0 spiro atoms. The predicted molar refractivity (Wildman–Crippen MR) is 89.0 cm³/mol. The average Bonchev–Trinajstić information content (AvgIpc) is 3.00. The molecule has 2 rings (SSSR count). The number of thioether (sulfide) groups is 1. The highest BCUT2D eigenvalue weighted by Gasteiger charge is 2.27. The molecule has 2 unspecified atom stereocenters. The van der Waals surface area contributed by atoms with Crippen molar-refractivity contribution in [3.8, 4) is 5.75 Å². The van der Waals surface area contributed by atoms with Crippen LogP contribution >= 0.6 is 11.8 Å². The molecule has 0 bridgehead atoms. The number of anilines is 2. The first-order valence-corrected chi connectivity index (χ1v) is 8.22. The van der Waals surface area contributed by atoms with Crippen molar-refractivity contribution in [1.82, 2.24) is 4.90 Å². The number of hydrogen-bond acceptors (Lipinski definition) is 5. The monoisotopic (exact) mass is 309 g/mol. The van der Waals surface area contributed by atoms with Crippen molar-refractivity contribution in [3.05, 3.63) is 18.2 Å². The van der Waals surface area contributed by atoms with Crippen LogP contribution in [0, 0.1) is 0 Å². The van der Waals surface area contributed by atoms with Gasteiger partial charge in [-0.05, 0) is 44.3 Å².